The molecule has 1 aliphatic carbocycles. The Kier molecular flexibility index (Phi) is 12.0. The van der Waals surface area contributed by atoms with Crippen molar-refractivity contribution in [1.82, 2.24) is 0 Å². The Labute approximate surface area is 301 Å². The summed E-state index contributed by atoms with van der Waals surface area (Å²) in [7, 11) is 1.62. The minimum atomic E-state index is -0.454. The van der Waals surface area contributed by atoms with Gasteiger partial charge in [-0.15, -0.1) is 0 Å². The van der Waals surface area contributed by atoms with Crippen molar-refractivity contribution in [2.24, 2.45) is 11.8 Å². The molecule has 0 unspecified atom stereocenters. The van der Waals surface area contributed by atoms with E-state index in [4.69, 9.17) is 14.2 Å². The van der Waals surface area contributed by atoms with E-state index in [1.807, 2.05) is 48.5 Å². The number of ketones is 1. The Bertz CT molecular complexity index is 1950. The fourth-order valence-corrected chi connectivity index (χ4v) is 7.34. The molecule has 0 saturated carbocycles. The molecule has 3 aliphatic rings. The number of fused-ring (bicyclic) bond motifs is 9. The lowest BCUT2D eigenvalue weighted by Gasteiger charge is -2.28. The second kappa shape index (κ2) is 17.2. The molecule has 4 aromatic carbocycles. The molecule has 6 bridgehead atoms. The molecule has 7 rings (SSSR count). The van der Waals surface area contributed by atoms with Gasteiger partial charge in [0.15, 0.2) is 11.5 Å². The number of aryl methyl sites for hydroxylation is 3. The number of benzene rings is 4. The third kappa shape index (κ3) is 9.35. The Hall–Kier alpha value is -5.15. The highest BCUT2D eigenvalue weighted by molar-refractivity contribution is 5.91. The monoisotopic (exact) mass is 684 g/mol. The summed E-state index contributed by atoms with van der Waals surface area (Å²) in [4.78, 5) is 13.5. The molecule has 0 fully saturated rings. The lowest BCUT2D eigenvalue weighted by Crippen LogP contribution is -2.24. The Morgan fingerprint density at radius 2 is 1.76 bits per heavy atom. The summed E-state index contributed by atoms with van der Waals surface area (Å²) in [5, 5.41) is 23.6. The summed E-state index contributed by atoms with van der Waals surface area (Å²) >= 11 is 0. The van der Waals surface area contributed by atoms with Gasteiger partial charge in [-0.1, -0.05) is 73.9 Å². The highest BCUT2D eigenvalue weighted by Crippen LogP contribution is 2.35. The van der Waals surface area contributed by atoms with Crippen LogP contribution in [0, 0.1) is 23.9 Å². The molecule has 4 aromatic rings. The van der Waals surface area contributed by atoms with E-state index >= 15 is 0 Å². The molecule has 0 spiro atoms. The van der Waals surface area contributed by atoms with E-state index in [-0.39, 0.29) is 35.5 Å². The molecular formula is C45H48O6. The van der Waals surface area contributed by atoms with Crippen molar-refractivity contribution < 1.29 is 29.2 Å². The second-order valence-corrected chi connectivity index (χ2v) is 13.7. The summed E-state index contributed by atoms with van der Waals surface area (Å²) < 4.78 is 18.1. The molecule has 51 heavy (non-hydrogen) atoms. The van der Waals surface area contributed by atoms with Crippen molar-refractivity contribution in [2.75, 3.05) is 7.11 Å². The summed E-state index contributed by atoms with van der Waals surface area (Å²) in [5.74, 6) is 5.18. The van der Waals surface area contributed by atoms with Gasteiger partial charge in [0, 0.05) is 24.8 Å². The number of allylic oxidation sites excluding steroid dienone is 3. The summed E-state index contributed by atoms with van der Waals surface area (Å²) in [6.07, 6.45) is 15.2. The van der Waals surface area contributed by atoms with Crippen molar-refractivity contribution in [3.05, 3.63) is 125 Å². The summed E-state index contributed by atoms with van der Waals surface area (Å²) in [6, 6.07) is 24.4. The van der Waals surface area contributed by atoms with Crippen LogP contribution in [-0.2, 0) is 41.8 Å². The van der Waals surface area contributed by atoms with Crippen LogP contribution in [-0.4, -0.2) is 29.2 Å². The predicted octanol–water partition coefficient (Wildman–Crippen LogP) is 9.54. The van der Waals surface area contributed by atoms with Crippen LogP contribution in [0.1, 0.15) is 73.3 Å². The third-order valence-electron chi connectivity index (χ3n) is 10.2. The molecule has 2 N–H and O–H groups in total. The van der Waals surface area contributed by atoms with Crippen molar-refractivity contribution in [3.63, 3.8) is 0 Å². The summed E-state index contributed by atoms with van der Waals surface area (Å²) in [6.45, 7) is 2.42. The van der Waals surface area contributed by atoms with Gasteiger partial charge in [-0.2, -0.15) is 0 Å². The maximum atomic E-state index is 13.5. The van der Waals surface area contributed by atoms with Crippen molar-refractivity contribution in [2.45, 2.75) is 83.8 Å². The normalized spacial score (nSPS) is 19.2. The van der Waals surface area contributed by atoms with Gasteiger partial charge in [-0.05, 0) is 120 Å². The number of phenolic OH excluding ortho intramolecular Hbond substituents is 1. The molecule has 6 nitrogen and oxygen atoms in total. The molecule has 3 atom stereocenters. The van der Waals surface area contributed by atoms with Gasteiger partial charge >= 0.3 is 0 Å². The van der Waals surface area contributed by atoms with Gasteiger partial charge in [-0.3, -0.25) is 4.79 Å². The fourth-order valence-electron chi connectivity index (χ4n) is 7.34. The molecule has 0 radical (unpaired) electrons. The number of methoxy groups -OCH3 is 1. The number of hydrogen-bond donors (Lipinski definition) is 2. The van der Waals surface area contributed by atoms with E-state index < -0.39 is 6.10 Å². The van der Waals surface area contributed by atoms with E-state index in [1.54, 1.807) is 13.2 Å². The first kappa shape index (κ1) is 35.7. The van der Waals surface area contributed by atoms with Crippen LogP contribution in [0.4, 0.5) is 0 Å². The third-order valence-corrected chi connectivity index (χ3v) is 10.2. The number of carbonyl (C=O) groups excluding carboxylic acids is 1. The van der Waals surface area contributed by atoms with Crippen LogP contribution in [0.15, 0.2) is 96.8 Å². The molecule has 6 heteroatoms. The number of phenols is 1. The number of Topliss-reactive ketones (excluding diaryl/α,β-unsaturated/α-hetero) is 1. The van der Waals surface area contributed by atoms with Crippen LogP contribution >= 0.6 is 0 Å². The second-order valence-electron chi connectivity index (χ2n) is 13.7. The van der Waals surface area contributed by atoms with Crippen molar-refractivity contribution in [1.29, 1.82) is 0 Å². The van der Waals surface area contributed by atoms with Gasteiger partial charge in [0.05, 0.1) is 7.11 Å². The number of aromatic hydroxyl groups is 1. The molecule has 2 aliphatic heterocycles. The number of carbonyl (C=O) groups is 1. The maximum Gasteiger partial charge on any atom is 0.161 e. The number of unbranched alkanes of at least 4 members (excludes halogenated alkanes) is 1. The number of ether oxygens (including phenoxy) is 3. The first-order valence-corrected chi connectivity index (χ1v) is 18.2. The van der Waals surface area contributed by atoms with E-state index in [2.05, 4.69) is 55.4 Å². The molecule has 0 aromatic heterocycles. The van der Waals surface area contributed by atoms with Crippen LogP contribution in [0.5, 0.6) is 17.2 Å². The Balaban J connectivity index is 1.25. The minimum absolute atomic E-state index is 0.0120. The smallest absolute Gasteiger partial charge is 0.161 e. The van der Waals surface area contributed by atoms with Gasteiger partial charge in [0.2, 0.25) is 0 Å². The van der Waals surface area contributed by atoms with E-state index in [0.29, 0.717) is 43.8 Å². The molecular weight excluding hydrogens is 636 g/mol. The Morgan fingerprint density at radius 1 is 0.922 bits per heavy atom. The Morgan fingerprint density at radius 3 is 2.59 bits per heavy atom. The van der Waals surface area contributed by atoms with Crippen molar-refractivity contribution >= 4 is 16.6 Å². The van der Waals surface area contributed by atoms with Gasteiger partial charge in [0.1, 0.15) is 36.1 Å². The SMILES string of the molecule is CCc1cc(O)c2c3ccc(cc13)COc1cc(ccc1OC)CCC(=O)C[C@H](C[C@@H]1C=C(O)C=C[C@H]1CCCCc1ccccc1)OC#CC2. The highest BCUT2D eigenvalue weighted by Gasteiger charge is 2.27. The molecule has 2 heterocycles. The largest absolute Gasteiger partial charge is 0.508 e. The van der Waals surface area contributed by atoms with Crippen LogP contribution in [0.3, 0.4) is 0 Å². The van der Waals surface area contributed by atoms with Gasteiger partial charge in [-0.25, -0.2) is 0 Å². The fraction of sp³-hybridized carbons (Fsp3) is 0.356. The lowest BCUT2D eigenvalue weighted by molar-refractivity contribution is -0.121. The first-order valence-electron chi connectivity index (χ1n) is 18.2. The zero-order valence-electron chi connectivity index (χ0n) is 29.7. The average Bonchev–Trinajstić information content (AvgIpc) is 3.14. The molecule has 264 valence electrons. The maximum absolute atomic E-state index is 13.5. The predicted molar refractivity (Wildman–Crippen MR) is 202 cm³/mol. The lowest BCUT2D eigenvalue weighted by atomic mass is 9.80. The van der Waals surface area contributed by atoms with E-state index in [1.165, 1.54) is 5.56 Å². The molecule has 0 saturated heterocycles. The molecule has 0 amide bonds. The minimum Gasteiger partial charge on any atom is -0.508 e. The van der Waals surface area contributed by atoms with Crippen molar-refractivity contribution in [3.8, 4) is 29.3 Å². The zero-order valence-corrected chi connectivity index (χ0v) is 29.7. The number of hydrogen-bond acceptors (Lipinski definition) is 6. The number of aliphatic hydroxyl groups is 1. The highest BCUT2D eigenvalue weighted by atomic mass is 16.5. The van der Waals surface area contributed by atoms with Gasteiger partial charge in [0.25, 0.3) is 0 Å². The summed E-state index contributed by atoms with van der Waals surface area (Å²) in [5.41, 5.74) is 5.12. The quantitative estimate of drug-likeness (QED) is 0.135. The van der Waals surface area contributed by atoms with E-state index in [0.717, 1.165) is 65.1 Å². The number of aliphatic hydroxyl groups excluding tert-OH is 1. The number of rotatable bonds is 9. The van der Waals surface area contributed by atoms with Crippen LogP contribution in [0.2, 0.25) is 0 Å². The zero-order chi connectivity index (χ0) is 35.6. The van der Waals surface area contributed by atoms with E-state index in [9.17, 15) is 15.0 Å². The standard InChI is InChI=1S/C45H48O6/c1-3-34-28-43(48)41-14-9-23-50-39(27-36-26-37(46)20-18-35(36)13-8-7-12-31-10-5-4-6-11-31)29-38(47)19-15-32-17-22-44(49-2)45(25-32)51-30-33-16-21-40(41)42(34)24-33/h4-6,10-11,16-18,20-22,24-26,28,35-36,39,46,48H,3,7-8,12-15,19,27,29-30H2,1-2H3/t35-,36+,39+/m1/s1. The average molecular weight is 685 g/mol. The first-order chi connectivity index (χ1) is 24.9. The topological polar surface area (TPSA) is 85.2 Å². The van der Waals surface area contributed by atoms with Gasteiger partial charge < -0.3 is 24.4 Å². The van der Waals surface area contributed by atoms with Crippen LogP contribution in [0.25, 0.3) is 10.8 Å². The van der Waals surface area contributed by atoms with Crippen LogP contribution < -0.4 is 9.47 Å².